The van der Waals surface area contributed by atoms with Gasteiger partial charge in [-0.25, -0.2) is 4.79 Å². The number of hydrogen-bond acceptors (Lipinski definition) is 2. The van der Waals surface area contributed by atoms with E-state index in [9.17, 15) is 18.0 Å². The summed E-state index contributed by atoms with van der Waals surface area (Å²) in [6, 6.07) is 3.43. The van der Waals surface area contributed by atoms with Gasteiger partial charge in [-0.15, -0.1) is 0 Å². The van der Waals surface area contributed by atoms with Gasteiger partial charge in [-0.05, 0) is 38.5 Å². The van der Waals surface area contributed by atoms with E-state index in [1.54, 1.807) is 20.8 Å². The predicted molar refractivity (Wildman–Crippen MR) is 72.3 cm³/mol. The van der Waals surface area contributed by atoms with E-state index in [0.29, 0.717) is 4.47 Å². The van der Waals surface area contributed by atoms with Gasteiger partial charge in [0.15, 0.2) is 6.04 Å². The Bertz CT molecular complexity index is 466. The molecule has 0 fully saturated rings. The average molecular weight is 354 g/mol. The summed E-state index contributed by atoms with van der Waals surface area (Å²) >= 11 is 3.14. The first-order valence-corrected chi connectivity index (χ1v) is 6.60. The first-order chi connectivity index (χ1) is 8.99. The summed E-state index contributed by atoms with van der Waals surface area (Å²) < 4.78 is 44.6. The van der Waals surface area contributed by atoms with Crippen LogP contribution in [0.1, 0.15) is 32.4 Å². The fourth-order valence-corrected chi connectivity index (χ4v) is 1.70. The van der Waals surface area contributed by atoms with Crippen LogP contribution in [0.15, 0.2) is 28.7 Å². The number of alkyl halides is 3. The topological polar surface area (TPSA) is 38.3 Å². The Morgan fingerprint density at radius 2 is 1.70 bits per heavy atom. The van der Waals surface area contributed by atoms with E-state index in [0.717, 1.165) is 0 Å². The molecule has 1 aromatic rings. The van der Waals surface area contributed by atoms with Crippen LogP contribution in [0.25, 0.3) is 0 Å². The minimum Gasteiger partial charge on any atom is -0.444 e. The standard InChI is InChI=1S/C13H15BrF3NO2/c1-12(2,3)20-11(19)18-10(13(15,16)17)8-4-6-9(14)7-5-8/h4-7,10H,1-3H3,(H,18,19). The van der Waals surface area contributed by atoms with Gasteiger partial charge in [-0.1, -0.05) is 28.1 Å². The predicted octanol–water partition coefficient (Wildman–Crippen LogP) is 4.58. The number of halogens is 4. The lowest BCUT2D eigenvalue weighted by Gasteiger charge is -2.25. The molecule has 0 aliphatic heterocycles. The van der Waals surface area contributed by atoms with Crippen molar-refractivity contribution < 1.29 is 22.7 Å². The van der Waals surface area contributed by atoms with Crippen LogP contribution in [0.2, 0.25) is 0 Å². The SMILES string of the molecule is CC(C)(C)OC(=O)NC(c1ccc(Br)cc1)C(F)(F)F. The number of ether oxygens (including phenoxy) is 1. The van der Waals surface area contributed by atoms with Gasteiger partial charge in [-0.3, -0.25) is 0 Å². The van der Waals surface area contributed by atoms with E-state index in [4.69, 9.17) is 4.74 Å². The number of nitrogens with one attached hydrogen (secondary N) is 1. The molecule has 3 nitrogen and oxygen atoms in total. The van der Waals surface area contributed by atoms with Crippen molar-refractivity contribution >= 4 is 22.0 Å². The molecule has 0 aliphatic carbocycles. The normalized spacial score (nSPS) is 13.8. The molecule has 1 rings (SSSR count). The Labute approximate surface area is 123 Å². The second-order valence-corrected chi connectivity index (χ2v) is 6.09. The monoisotopic (exact) mass is 353 g/mol. The Balaban J connectivity index is 2.92. The number of rotatable bonds is 2. The van der Waals surface area contributed by atoms with Gasteiger partial charge < -0.3 is 10.1 Å². The van der Waals surface area contributed by atoms with Gasteiger partial charge in [0.05, 0.1) is 0 Å². The second kappa shape index (κ2) is 6.03. The van der Waals surface area contributed by atoms with Crippen molar-refractivity contribution in [1.29, 1.82) is 0 Å². The minimum absolute atomic E-state index is 0.0634. The van der Waals surface area contributed by atoms with Crippen LogP contribution in [0.3, 0.4) is 0 Å². The van der Waals surface area contributed by atoms with Crippen molar-refractivity contribution in [2.45, 2.75) is 38.6 Å². The van der Waals surface area contributed by atoms with Crippen molar-refractivity contribution in [1.82, 2.24) is 5.32 Å². The third kappa shape index (κ3) is 5.40. The van der Waals surface area contributed by atoms with Crippen molar-refractivity contribution in [2.24, 2.45) is 0 Å². The summed E-state index contributed by atoms with van der Waals surface area (Å²) in [6.45, 7) is 4.73. The number of hydrogen-bond donors (Lipinski definition) is 1. The van der Waals surface area contributed by atoms with E-state index in [-0.39, 0.29) is 5.56 Å². The molecule has 1 atom stereocenters. The summed E-state index contributed by atoms with van der Waals surface area (Å²) in [7, 11) is 0. The molecular weight excluding hydrogens is 339 g/mol. The van der Waals surface area contributed by atoms with Gasteiger partial charge in [-0.2, -0.15) is 13.2 Å². The highest BCUT2D eigenvalue weighted by molar-refractivity contribution is 9.10. The summed E-state index contributed by atoms with van der Waals surface area (Å²) in [6.07, 6.45) is -5.71. The molecule has 1 N–H and O–H groups in total. The molecule has 0 aliphatic rings. The molecule has 1 aromatic carbocycles. The summed E-state index contributed by atoms with van der Waals surface area (Å²) in [5.41, 5.74) is -0.925. The van der Waals surface area contributed by atoms with Crippen LogP contribution in [-0.2, 0) is 4.74 Å². The van der Waals surface area contributed by atoms with E-state index >= 15 is 0 Å². The largest absolute Gasteiger partial charge is 0.444 e. The van der Waals surface area contributed by atoms with Gasteiger partial charge in [0.1, 0.15) is 5.60 Å². The Kier molecular flexibility index (Phi) is 5.07. The zero-order valence-electron chi connectivity index (χ0n) is 11.2. The van der Waals surface area contributed by atoms with Gasteiger partial charge >= 0.3 is 12.3 Å². The number of carbonyl (C=O) groups is 1. The van der Waals surface area contributed by atoms with Crippen molar-refractivity contribution in [3.63, 3.8) is 0 Å². The third-order valence-corrected chi connectivity index (χ3v) is 2.72. The molecule has 0 aromatic heterocycles. The lowest BCUT2D eigenvalue weighted by Crippen LogP contribution is -2.41. The molecule has 0 spiro atoms. The van der Waals surface area contributed by atoms with Gasteiger partial charge in [0.2, 0.25) is 0 Å². The van der Waals surface area contributed by atoms with Crippen LogP contribution in [0, 0.1) is 0 Å². The summed E-state index contributed by atoms with van der Waals surface area (Å²) in [5.74, 6) is 0. The Morgan fingerprint density at radius 3 is 2.10 bits per heavy atom. The highest BCUT2D eigenvalue weighted by Gasteiger charge is 2.42. The van der Waals surface area contributed by atoms with E-state index in [1.165, 1.54) is 24.3 Å². The summed E-state index contributed by atoms with van der Waals surface area (Å²) in [5, 5.41) is 1.85. The smallest absolute Gasteiger partial charge is 0.412 e. The fraction of sp³-hybridized carbons (Fsp3) is 0.462. The molecule has 1 amide bonds. The lowest BCUT2D eigenvalue weighted by atomic mass is 10.1. The number of amides is 1. The van der Waals surface area contributed by atoms with Crippen LogP contribution < -0.4 is 5.32 Å². The minimum atomic E-state index is -4.61. The first-order valence-electron chi connectivity index (χ1n) is 5.81. The molecule has 0 bridgehead atoms. The van der Waals surface area contributed by atoms with Crippen molar-refractivity contribution in [3.05, 3.63) is 34.3 Å². The molecular formula is C13H15BrF3NO2. The average Bonchev–Trinajstić information content (AvgIpc) is 2.23. The molecule has 112 valence electrons. The highest BCUT2D eigenvalue weighted by Crippen LogP contribution is 2.33. The first kappa shape index (κ1) is 16.8. The van der Waals surface area contributed by atoms with Gasteiger partial charge in [0.25, 0.3) is 0 Å². The lowest BCUT2D eigenvalue weighted by molar-refractivity contribution is -0.156. The quantitative estimate of drug-likeness (QED) is 0.845. The number of carbonyl (C=O) groups excluding carboxylic acids is 1. The molecule has 1 unspecified atom stereocenters. The Hall–Kier alpha value is -1.24. The van der Waals surface area contributed by atoms with Crippen LogP contribution in [0.5, 0.6) is 0 Å². The molecule has 0 heterocycles. The number of benzene rings is 1. The van der Waals surface area contributed by atoms with Crippen molar-refractivity contribution in [3.8, 4) is 0 Å². The molecule has 20 heavy (non-hydrogen) atoms. The molecule has 0 saturated heterocycles. The maximum Gasteiger partial charge on any atom is 0.412 e. The zero-order valence-corrected chi connectivity index (χ0v) is 12.8. The molecule has 0 saturated carbocycles. The maximum atomic E-state index is 13.0. The summed E-state index contributed by atoms with van der Waals surface area (Å²) in [4.78, 5) is 11.5. The van der Waals surface area contributed by atoms with E-state index in [2.05, 4.69) is 15.9 Å². The van der Waals surface area contributed by atoms with E-state index < -0.39 is 23.9 Å². The fourth-order valence-electron chi connectivity index (χ4n) is 1.43. The van der Waals surface area contributed by atoms with E-state index in [1.807, 2.05) is 5.32 Å². The molecule has 7 heteroatoms. The number of alkyl carbamates (subject to hydrolysis) is 1. The van der Waals surface area contributed by atoms with Crippen LogP contribution in [-0.4, -0.2) is 17.9 Å². The van der Waals surface area contributed by atoms with Crippen LogP contribution in [0.4, 0.5) is 18.0 Å². The zero-order chi connectivity index (χ0) is 15.6. The van der Waals surface area contributed by atoms with Crippen molar-refractivity contribution in [2.75, 3.05) is 0 Å². The highest BCUT2D eigenvalue weighted by atomic mass is 79.9. The Morgan fingerprint density at radius 1 is 1.20 bits per heavy atom. The third-order valence-electron chi connectivity index (χ3n) is 2.19. The van der Waals surface area contributed by atoms with Crippen LogP contribution >= 0.6 is 15.9 Å². The second-order valence-electron chi connectivity index (χ2n) is 5.17. The maximum absolute atomic E-state index is 13.0. The van der Waals surface area contributed by atoms with Gasteiger partial charge in [0, 0.05) is 4.47 Å². The molecule has 0 radical (unpaired) electrons.